The van der Waals surface area contributed by atoms with E-state index in [0.29, 0.717) is 6.54 Å². The average molecular weight is 293 g/mol. The van der Waals surface area contributed by atoms with Crippen molar-refractivity contribution in [2.24, 2.45) is 5.41 Å². The fraction of sp³-hybridized carbons (Fsp3) is 0.625. The zero-order chi connectivity index (χ0) is 15.5. The maximum absolute atomic E-state index is 14.3. The zero-order valence-electron chi connectivity index (χ0n) is 13.0. The Morgan fingerprint density at radius 1 is 1.52 bits per heavy atom. The van der Waals surface area contributed by atoms with Crippen molar-refractivity contribution in [2.75, 3.05) is 11.9 Å². The first kappa shape index (κ1) is 15.7. The predicted octanol–water partition coefficient (Wildman–Crippen LogP) is 3.35. The number of pyridine rings is 1. The highest BCUT2D eigenvalue weighted by Crippen LogP contribution is 2.37. The van der Waals surface area contributed by atoms with Gasteiger partial charge in [0.05, 0.1) is 5.56 Å². The second kappa shape index (κ2) is 6.41. The summed E-state index contributed by atoms with van der Waals surface area (Å²) in [4.78, 5) is 16.3. The minimum Gasteiger partial charge on any atom is -0.368 e. The Morgan fingerprint density at radius 2 is 2.29 bits per heavy atom. The van der Waals surface area contributed by atoms with Crippen LogP contribution in [0.15, 0.2) is 12.3 Å². The largest absolute Gasteiger partial charge is 0.368 e. The van der Waals surface area contributed by atoms with Crippen LogP contribution in [0.2, 0.25) is 0 Å². The molecule has 5 heteroatoms. The predicted molar refractivity (Wildman–Crippen MR) is 81.9 cm³/mol. The van der Waals surface area contributed by atoms with E-state index in [-0.39, 0.29) is 28.7 Å². The van der Waals surface area contributed by atoms with Crippen molar-refractivity contribution in [3.8, 4) is 0 Å². The van der Waals surface area contributed by atoms with Crippen molar-refractivity contribution in [3.05, 3.63) is 23.6 Å². The van der Waals surface area contributed by atoms with Crippen LogP contribution < -0.4 is 10.6 Å². The Bertz CT molecular complexity index is 516. The first-order valence-electron chi connectivity index (χ1n) is 7.65. The van der Waals surface area contributed by atoms with E-state index in [2.05, 4.69) is 29.5 Å². The Balaban J connectivity index is 2.12. The Kier molecular flexibility index (Phi) is 4.80. The standard InChI is InChI=1S/C16H24FN3O/c1-4-9-18-14-13(17)11(7-10-19-14)15(21)20-12-6-5-8-16(12,2)3/h7,10,12H,4-6,8-9H2,1-3H3,(H,18,19)(H,20,21). The van der Waals surface area contributed by atoms with Crippen molar-refractivity contribution in [2.45, 2.75) is 52.5 Å². The van der Waals surface area contributed by atoms with Gasteiger partial charge in [-0.25, -0.2) is 9.37 Å². The van der Waals surface area contributed by atoms with Crippen molar-refractivity contribution in [3.63, 3.8) is 0 Å². The van der Waals surface area contributed by atoms with Gasteiger partial charge in [-0.2, -0.15) is 0 Å². The van der Waals surface area contributed by atoms with Gasteiger partial charge in [0.2, 0.25) is 0 Å². The molecule has 1 atom stereocenters. The minimum absolute atomic E-state index is 0.0614. The van der Waals surface area contributed by atoms with Crippen molar-refractivity contribution in [1.29, 1.82) is 0 Å². The van der Waals surface area contributed by atoms with Gasteiger partial charge in [0, 0.05) is 18.8 Å². The number of nitrogens with zero attached hydrogens (tertiary/aromatic N) is 1. The van der Waals surface area contributed by atoms with Gasteiger partial charge in [-0.15, -0.1) is 0 Å². The normalized spacial score (nSPS) is 20.3. The number of amides is 1. The highest BCUT2D eigenvalue weighted by molar-refractivity contribution is 5.95. The number of anilines is 1. The number of carbonyl (C=O) groups excluding carboxylic acids is 1. The Labute approximate surface area is 125 Å². The maximum atomic E-state index is 14.3. The summed E-state index contributed by atoms with van der Waals surface area (Å²) in [5, 5.41) is 5.88. The SMILES string of the molecule is CCCNc1nccc(C(=O)NC2CCCC2(C)C)c1F. The molecule has 2 rings (SSSR count). The lowest BCUT2D eigenvalue weighted by atomic mass is 9.87. The third-order valence-electron chi connectivity index (χ3n) is 4.24. The summed E-state index contributed by atoms with van der Waals surface area (Å²) in [6, 6.07) is 1.54. The van der Waals surface area contributed by atoms with Gasteiger partial charge in [-0.05, 0) is 30.7 Å². The van der Waals surface area contributed by atoms with Crippen LogP contribution in [0, 0.1) is 11.2 Å². The highest BCUT2D eigenvalue weighted by atomic mass is 19.1. The van der Waals surface area contributed by atoms with E-state index < -0.39 is 5.82 Å². The monoisotopic (exact) mass is 293 g/mol. The highest BCUT2D eigenvalue weighted by Gasteiger charge is 2.35. The molecule has 0 bridgehead atoms. The molecule has 0 spiro atoms. The average Bonchev–Trinajstić information content (AvgIpc) is 2.76. The topological polar surface area (TPSA) is 54.0 Å². The molecular formula is C16H24FN3O. The van der Waals surface area contributed by atoms with Crippen molar-refractivity contribution in [1.82, 2.24) is 10.3 Å². The molecule has 1 aliphatic carbocycles. The zero-order valence-corrected chi connectivity index (χ0v) is 13.0. The van der Waals surface area contributed by atoms with E-state index in [0.717, 1.165) is 25.7 Å². The fourth-order valence-corrected chi connectivity index (χ4v) is 2.82. The molecule has 1 aliphatic rings. The number of carbonyl (C=O) groups is 1. The summed E-state index contributed by atoms with van der Waals surface area (Å²) >= 11 is 0. The van der Waals surface area contributed by atoms with E-state index in [1.807, 2.05) is 6.92 Å². The molecular weight excluding hydrogens is 269 g/mol. The van der Waals surface area contributed by atoms with Crippen LogP contribution in [-0.4, -0.2) is 23.5 Å². The van der Waals surface area contributed by atoms with Crippen molar-refractivity contribution < 1.29 is 9.18 Å². The van der Waals surface area contributed by atoms with E-state index in [4.69, 9.17) is 0 Å². The molecule has 1 aromatic heterocycles. The van der Waals surface area contributed by atoms with Crippen LogP contribution in [0.1, 0.15) is 56.8 Å². The van der Waals surface area contributed by atoms with Crippen molar-refractivity contribution >= 4 is 11.7 Å². The van der Waals surface area contributed by atoms with E-state index in [1.54, 1.807) is 0 Å². The number of hydrogen-bond donors (Lipinski definition) is 2. The molecule has 1 heterocycles. The molecule has 116 valence electrons. The van der Waals surface area contributed by atoms with Crippen LogP contribution >= 0.6 is 0 Å². The van der Waals surface area contributed by atoms with Gasteiger partial charge < -0.3 is 10.6 Å². The molecule has 1 saturated carbocycles. The number of rotatable bonds is 5. The molecule has 1 unspecified atom stereocenters. The lowest BCUT2D eigenvalue weighted by molar-refractivity contribution is 0.0906. The van der Waals surface area contributed by atoms with Gasteiger partial charge in [0.15, 0.2) is 11.6 Å². The molecule has 0 aromatic carbocycles. The summed E-state index contributed by atoms with van der Waals surface area (Å²) in [7, 11) is 0. The lowest BCUT2D eigenvalue weighted by Gasteiger charge is -2.27. The maximum Gasteiger partial charge on any atom is 0.254 e. The molecule has 4 nitrogen and oxygen atoms in total. The number of hydrogen-bond acceptors (Lipinski definition) is 3. The number of aromatic nitrogens is 1. The first-order chi connectivity index (χ1) is 9.95. The summed E-state index contributed by atoms with van der Waals surface area (Å²) in [6.45, 7) is 6.90. The van der Waals surface area contributed by atoms with Crippen LogP contribution in [0.3, 0.4) is 0 Å². The quantitative estimate of drug-likeness (QED) is 0.875. The number of nitrogens with one attached hydrogen (secondary N) is 2. The lowest BCUT2D eigenvalue weighted by Crippen LogP contribution is -2.41. The molecule has 21 heavy (non-hydrogen) atoms. The molecule has 1 aromatic rings. The summed E-state index contributed by atoms with van der Waals surface area (Å²) in [5.41, 5.74) is 0.133. The van der Waals surface area contributed by atoms with Gasteiger partial charge in [-0.1, -0.05) is 27.2 Å². The smallest absolute Gasteiger partial charge is 0.254 e. The molecule has 2 N–H and O–H groups in total. The van der Waals surface area contributed by atoms with Gasteiger partial charge in [-0.3, -0.25) is 4.79 Å². The molecule has 0 aliphatic heterocycles. The van der Waals surface area contributed by atoms with E-state index in [9.17, 15) is 9.18 Å². The Hall–Kier alpha value is -1.65. The van der Waals surface area contributed by atoms with E-state index in [1.165, 1.54) is 12.3 Å². The minimum atomic E-state index is -0.570. The molecule has 0 saturated heterocycles. The third kappa shape index (κ3) is 3.52. The Morgan fingerprint density at radius 3 is 2.90 bits per heavy atom. The second-order valence-corrected chi connectivity index (χ2v) is 6.35. The van der Waals surface area contributed by atoms with E-state index >= 15 is 0 Å². The fourth-order valence-electron chi connectivity index (χ4n) is 2.82. The van der Waals surface area contributed by atoms with Gasteiger partial charge in [0.25, 0.3) is 5.91 Å². The molecule has 0 radical (unpaired) electrons. The summed E-state index contributed by atoms with van der Waals surface area (Å²) in [5.74, 6) is -0.774. The van der Waals surface area contributed by atoms with Crippen LogP contribution in [0.4, 0.5) is 10.2 Å². The summed E-state index contributed by atoms with van der Waals surface area (Å²) in [6.07, 6.45) is 5.47. The van der Waals surface area contributed by atoms with Crippen LogP contribution in [-0.2, 0) is 0 Å². The first-order valence-corrected chi connectivity index (χ1v) is 7.65. The third-order valence-corrected chi connectivity index (χ3v) is 4.24. The van der Waals surface area contributed by atoms with Crippen LogP contribution in [0.25, 0.3) is 0 Å². The van der Waals surface area contributed by atoms with Gasteiger partial charge in [0.1, 0.15) is 0 Å². The summed E-state index contributed by atoms with van der Waals surface area (Å²) < 4.78 is 14.3. The second-order valence-electron chi connectivity index (χ2n) is 6.35. The molecule has 1 fully saturated rings. The molecule has 1 amide bonds. The number of halogens is 1. The van der Waals surface area contributed by atoms with Gasteiger partial charge >= 0.3 is 0 Å². The van der Waals surface area contributed by atoms with Crippen LogP contribution in [0.5, 0.6) is 0 Å².